The molecule has 1 fully saturated rings. The molecule has 1 saturated carbocycles. The van der Waals surface area contributed by atoms with E-state index in [0.717, 1.165) is 30.5 Å². The van der Waals surface area contributed by atoms with Crippen molar-refractivity contribution in [3.8, 4) is 0 Å². The Morgan fingerprint density at radius 2 is 2.07 bits per heavy atom. The molecule has 1 aromatic heterocycles. The van der Waals surface area contributed by atoms with E-state index in [9.17, 15) is 8.78 Å². The highest BCUT2D eigenvalue weighted by molar-refractivity contribution is 5.80. The molecule has 8 heteroatoms. The standard InChI is InChI=1S/C21H26F2N6/c1-3-15-13-28(2)18-12-24-21(26-20(18)29(15)16-8-4-5-9-16)27-25-11-14-7-6-10-17(22)19(14)23/h6-7,10-12,15-16H,3-5,8-9,13H2,1-2H3,(H,24,26,27)/b25-11+. The van der Waals surface area contributed by atoms with Crippen LogP contribution in [0, 0.1) is 11.6 Å². The molecule has 1 aliphatic heterocycles. The first kappa shape index (κ1) is 19.5. The minimum absolute atomic E-state index is 0.0637. The molecule has 29 heavy (non-hydrogen) atoms. The maximum absolute atomic E-state index is 13.8. The van der Waals surface area contributed by atoms with Gasteiger partial charge in [-0.3, -0.25) is 0 Å². The van der Waals surface area contributed by atoms with Gasteiger partial charge in [-0.25, -0.2) is 19.2 Å². The molecule has 1 unspecified atom stereocenters. The molecule has 1 aromatic carbocycles. The molecule has 2 heterocycles. The molecule has 0 spiro atoms. The van der Waals surface area contributed by atoms with Crippen LogP contribution in [-0.4, -0.2) is 41.9 Å². The Labute approximate surface area is 169 Å². The first-order chi connectivity index (χ1) is 14.1. The summed E-state index contributed by atoms with van der Waals surface area (Å²) in [5, 5.41) is 4.00. The van der Waals surface area contributed by atoms with Crippen molar-refractivity contribution in [2.45, 2.75) is 51.1 Å². The van der Waals surface area contributed by atoms with E-state index >= 15 is 0 Å². The molecule has 0 radical (unpaired) electrons. The number of aromatic nitrogens is 2. The van der Waals surface area contributed by atoms with E-state index in [0.29, 0.717) is 18.0 Å². The number of hydrogen-bond acceptors (Lipinski definition) is 6. The van der Waals surface area contributed by atoms with E-state index in [2.05, 4.69) is 39.3 Å². The summed E-state index contributed by atoms with van der Waals surface area (Å²) in [4.78, 5) is 13.8. The fraction of sp³-hybridized carbons (Fsp3) is 0.476. The quantitative estimate of drug-likeness (QED) is 0.603. The zero-order valence-electron chi connectivity index (χ0n) is 16.8. The van der Waals surface area contributed by atoms with Crippen molar-refractivity contribution in [2.75, 3.05) is 28.8 Å². The lowest BCUT2D eigenvalue weighted by Crippen LogP contribution is -2.52. The van der Waals surface area contributed by atoms with Crippen LogP contribution >= 0.6 is 0 Å². The van der Waals surface area contributed by atoms with Crippen molar-refractivity contribution in [3.05, 3.63) is 41.6 Å². The van der Waals surface area contributed by atoms with Crippen molar-refractivity contribution in [2.24, 2.45) is 5.10 Å². The summed E-state index contributed by atoms with van der Waals surface area (Å²) in [6, 6.07) is 4.88. The molecule has 4 rings (SSSR count). The Balaban J connectivity index is 1.59. The van der Waals surface area contributed by atoms with Gasteiger partial charge in [0.2, 0.25) is 5.95 Å². The first-order valence-corrected chi connectivity index (χ1v) is 10.2. The highest BCUT2D eigenvalue weighted by Crippen LogP contribution is 2.39. The van der Waals surface area contributed by atoms with Crippen molar-refractivity contribution in [1.29, 1.82) is 0 Å². The second-order valence-corrected chi connectivity index (χ2v) is 7.70. The number of hydrogen-bond donors (Lipinski definition) is 1. The zero-order valence-corrected chi connectivity index (χ0v) is 16.8. The third-order valence-corrected chi connectivity index (χ3v) is 5.82. The molecule has 1 atom stereocenters. The Morgan fingerprint density at radius 3 is 2.83 bits per heavy atom. The smallest absolute Gasteiger partial charge is 0.245 e. The van der Waals surface area contributed by atoms with Gasteiger partial charge in [0.15, 0.2) is 17.5 Å². The number of rotatable bonds is 5. The molecule has 0 bridgehead atoms. The normalized spacial score (nSPS) is 19.8. The summed E-state index contributed by atoms with van der Waals surface area (Å²) in [5.74, 6) is -0.573. The maximum atomic E-state index is 13.8. The van der Waals surface area contributed by atoms with Crippen LogP contribution in [0.3, 0.4) is 0 Å². The summed E-state index contributed by atoms with van der Waals surface area (Å²) < 4.78 is 27.1. The van der Waals surface area contributed by atoms with E-state index in [-0.39, 0.29) is 5.56 Å². The maximum Gasteiger partial charge on any atom is 0.245 e. The number of likely N-dealkylation sites (N-methyl/N-ethyl adjacent to an activating group) is 1. The molecule has 0 amide bonds. The van der Waals surface area contributed by atoms with Crippen LogP contribution in [0.15, 0.2) is 29.5 Å². The number of anilines is 3. The van der Waals surface area contributed by atoms with Gasteiger partial charge in [-0.15, -0.1) is 0 Å². The van der Waals surface area contributed by atoms with E-state index in [1.807, 2.05) is 0 Å². The molecular formula is C21H26F2N6. The monoisotopic (exact) mass is 400 g/mol. The van der Waals surface area contributed by atoms with Gasteiger partial charge in [-0.05, 0) is 25.3 Å². The highest BCUT2D eigenvalue weighted by Gasteiger charge is 2.35. The van der Waals surface area contributed by atoms with Gasteiger partial charge in [0.1, 0.15) is 0 Å². The molecule has 1 aliphatic carbocycles. The van der Waals surface area contributed by atoms with Crippen molar-refractivity contribution in [1.82, 2.24) is 9.97 Å². The largest absolute Gasteiger partial charge is 0.368 e. The molecule has 2 aromatic rings. The Hall–Kier alpha value is -2.77. The van der Waals surface area contributed by atoms with Gasteiger partial charge < -0.3 is 9.80 Å². The number of fused-ring (bicyclic) bond motifs is 1. The van der Waals surface area contributed by atoms with Crippen LogP contribution in [0.25, 0.3) is 0 Å². The number of benzene rings is 1. The number of halogens is 2. The summed E-state index contributed by atoms with van der Waals surface area (Å²) in [5.41, 5.74) is 3.83. The second kappa shape index (κ2) is 8.31. The van der Waals surface area contributed by atoms with Crippen LogP contribution in [0.2, 0.25) is 0 Å². The highest BCUT2D eigenvalue weighted by atomic mass is 19.2. The Kier molecular flexibility index (Phi) is 5.60. The van der Waals surface area contributed by atoms with Crippen LogP contribution in [-0.2, 0) is 0 Å². The van der Waals surface area contributed by atoms with Gasteiger partial charge in [-0.1, -0.05) is 31.9 Å². The van der Waals surface area contributed by atoms with Gasteiger partial charge in [0, 0.05) is 31.2 Å². The lowest BCUT2D eigenvalue weighted by Gasteiger charge is -2.45. The average molecular weight is 400 g/mol. The second-order valence-electron chi connectivity index (χ2n) is 7.70. The predicted molar refractivity (Wildman–Crippen MR) is 112 cm³/mol. The average Bonchev–Trinajstić information content (AvgIpc) is 3.25. The molecule has 6 nitrogen and oxygen atoms in total. The van der Waals surface area contributed by atoms with Gasteiger partial charge in [-0.2, -0.15) is 10.1 Å². The molecule has 0 saturated heterocycles. The fourth-order valence-electron chi connectivity index (χ4n) is 4.31. The van der Waals surface area contributed by atoms with Crippen molar-refractivity contribution >= 4 is 23.7 Å². The van der Waals surface area contributed by atoms with Gasteiger partial charge >= 0.3 is 0 Å². The minimum atomic E-state index is -0.927. The summed E-state index contributed by atoms with van der Waals surface area (Å²) in [6.07, 6.45) is 8.95. The SMILES string of the molecule is CCC1CN(C)c2cnc(N/N=C/c3cccc(F)c3F)nc2N1C1CCCC1. The molecule has 1 N–H and O–H groups in total. The third kappa shape index (κ3) is 3.88. The van der Waals surface area contributed by atoms with Crippen LogP contribution in [0.5, 0.6) is 0 Å². The number of hydrazone groups is 1. The summed E-state index contributed by atoms with van der Waals surface area (Å²) in [7, 11) is 2.06. The summed E-state index contributed by atoms with van der Waals surface area (Å²) in [6.45, 7) is 3.16. The van der Waals surface area contributed by atoms with Gasteiger partial charge in [0.05, 0.1) is 18.1 Å². The first-order valence-electron chi connectivity index (χ1n) is 10.2. The zero-order chi connectivity index (χ0) is 20.4. The number of nitrogens with zero attached hydrogens (tertiary/aromatic N) is 5. The van der Waals surface area contributed by atoms with E-state index in [1.54, 1.807) is 6.20 Å². The van der Waals surface area contributed by atoms with Crippen molar-refractivity contribution < 1.29 is 8.78 Å². The van der Waals surface area contributed by atoms with E-state index in [4.69, 9.17) is 4.98 Å². The molecule has 2 aliphatic rings. The van der Waals surface area contributed by atoms with E-state index in [1.165, 1.54) is 44.0 Å². The lowest BCUT2D eigenvalue weighted by molar-refractivity contribution is 0.476. The van der Waals surface area contributed by atoms with Gasteiger partial charge in [0.25, 0.3) is 0 Å². The fourth-order valence-corrected chi connectivity index (χ4v) is 4.31. The number of nitrogens with one attached hydrogen (secondary N) is 1. The van der Waals surface area contributed by atoms with E-state index < -0.39 is 11.6 Å². The topological polar surface area (TPSA) is 56.7 Å². The molecule has 154 valence electrons. The Morgan fingerprint density at radius 1 is 1.28 bits per heavy atom. The van der Waals surface area contributed by atoms with Crippen molar-refractivity contribution in [3.63, 3.8) is 0 Å². The minimum Gasteiger partial charge on any atom is -0.368 e. The third-order valence-electron chi connectivity index (χ3n) is 5.82. The van der Waals surface area contributed by atoms with Crippen LogP contribution in [0.4, 0.5) is 26.2 Å². The summed E-state index contributed by atoms with van der Waals surface area (Å²) >= 11 is 0. The predicted octanol–water partition coefficient (Wildman–Crippen LogP) is 4.18. The Bertz CT molecular complexity index is 897. The molecular weight excluding hydrogens is 374 g/mol. The van der Waals surface area contributed by atoms with Crippen LogP contribution < -0.4 is 15.2 Å². The lowest BCUT2D eigenvalue weighted by atomic mass is 10.0. The van der Waals surface area contributed by atoms with Crippen LogP contribution in [0.1, 0.15) is 44.6 Å².